The van der Waals surface area contributed by atoms with Gasteiger partial charge in [-0.3, -0.25) is 9.59 Å². The minimum Gasteiger partial charge on any atom is -0.464 e. The third-order valence-corrected chi connectivity index (χ3v) is 4.22. The number of carbonyl (C=O) groups excluding carboxylic acids is 2. The van der Waals surface area contributed by atoms with Crippen molar-refractivity contribution in [3.63, 3.8) is 0 Å². The molecule has 1 aliphatic heterocycles. The third kappa shape index (κ3) is 1.99. The molecule has 2 N–H and O–H groups in total. The van der Waals surface area contributed by atoms with E-state index < -0.39 is 5.60 Å². The normalized spacial score (nSPS) is 21.3. The SMILES string of the molecule is CCC1(C)OC(N)=C(C(=O)c2cccc3ccccc23)C1=O. The summed E-state index contributed by atoms with van der Waals surface area (Å²) in [4.78, 5) is 25.4. The lowest BCUT2D eigenvalue weighted by molar-refractivity contribution is -0.129. The van der Waals surface area contributed by atoms with Crippen molar-refractivity contribution >= 4 is 22.3 Å². The van der Waals surface area contributed by atoms with Crippen molar-refractivity contribution < 1.29 is 14.3 Å². The van der Waals surface area contributed by atoms with Crippen LogP contribution in [0.2, 0.25) is 0 Å². The Hall–Kier alpha value is -2.62. The topological polar surface area (TPSA) is 69.4 Å². The molecule has 1 unspecified atom stereocenters. The van der Waals surface area contributed by atoms with Gasteiger partial charge in [0.25, 0.3) is 0 Å². The average Bonchev–Trinajstić information content (AvgIpc) is 2.76. The van der Waals surface area contributed by atoms with Crippen molar-refractivity contribution in [1.82, 2.24) is 0 Å². The predicted octanol–water partition coefficient (Wildman–Crippen LogP) is 2.96. The fraction of sp³-hybridized carbons (Fsp3) is 0.222. The summed E-state index contributed by atoms with van der Waals surface area (Å²) in [6.45, 7) is 3.49. The van der Waals surface area contributed by atoms with E-state index in [2.05, 4.69) is 0 Å². The van der Waals surface area contributed by atoms with Gasteiger partial charge in [-0.25, -0.2) is 0 Å². The van der Waals surface area contributed by atoms with Crippen molar-refractivity contribution in [3.05, 3.63) is 59.5 Å². The molecular formula is C18H17NO3. The van der Waals surface area contributed by atoms with Crippen LogP contribution in [-0.2, 0) is 9.53 Å². The summed E-state index contributed by atoms with van der Waals surface area (Å²) in [5, 5.41) is 1.74. The second kappa shape index (κ2) is 4.98. The Morgan fingerprint density at radius 3 is 2.55 bits per heavy atom. The highest BCUT2D eigenvalue weighted by Crippen LogP contribution is 2.33. The molecular weight excluding hydrogens is 278 g/mol. The van der Waals surface area contributed by atoms with Gasteiger partial charge in [0.05, 0.1) is 0 Å². The molecule has 0 aliphatic carbocycles. The summed E-state index contributed by atoms with van der Waals surface area (Å²) >= 11 is 0. The Morgan fingerprint density at radius 2 is 1.86 bits per heavy atom. The van der Waals surface area contributed by atoms with Crippen LogP contribution in [0.3, 0.4) is 0 Å². The molecule has 0 bridgehead atoms. The number of hydrogen-bond acceptors (Lipinski definition) is 4. The highest BCUT2D eigenvalue weighted by Gasteiger charge is 2.46. The van der Waals surface area contributed by atoms with E-state index in [4.69, 9.17) is 10.5 Å². The van der Waals surface area contributed by atoms with Gasteiger partial charge in [-0.1, -0.05) is 49.4 Å². The van der Waals surface area contributed by atoms with Crippen LogP contribution in [0.15, 0.2) is 53.9 Å². The van der Waals surface area contributed by atoms with Gasteiger partial charge in [0.15, 0.2) is 11.5 Å². The summed E-state index contributed by atoms with van der Waals surface area (Å²) in [6, 6.07) is 13.0. The van der Waals surface area contributed by atoms with Gasteiger partial charge in [-0.15, -0.1) is 0 Å². The standard InChI is InChI=1S/C18H17NO3/c1-3-18(2)16(21)14(17(19)22-18)15(20)13-10-6-8-11-7-4-5-9-12(11)13/h4-10H,3,19H2,1-2H3. The fourth-order valence-electron chi connectivity index (χ4n) is 2.72. The van der Waals surface area contributed by atoms with Crippen LogP contribution >= 0.6 is 0 Å². The molecule has 4 heteroatoms. The van der Waals surface area contributed by atoms with Crippen molar-refractivity contribution in [1.29, 1.82) is 0 Å². The molecule has 3 rings (SSSR count). The van der Waals surface area contributed by atoms with Gasteiger partial charge in [-0.2, -0.15) is 0 Å². The molecule has 1 aliphatic rings. The zero-order valence-corrected chi connectivity index (χ0v) is 12.6. The van der Waals surface area contributed by atoms with Crippen molar-refractivity contribution in [2.45, 2.75) is 25.9 Å². The monoisotopic (exact) mass is 295 g/mol. The summed E-state index contributed by atoms with van der Waals surface area (Å²) < 4.78 is 5.46. The second-order valence-electron chi connectivity index (χ2n) is 5.61. The fourth-order valence-corrected chi connectivity index (χ4v) is 2.72. The van der Waals surface area contributed by atoms with E-state index in [0.29, 0.717) is 12.0 Å². The summed E-state index contributed by atoms with van der Waals surface area (Å²) in [5.74, 6) is -0.797. The van der Waals surface area contributed by atoms with E-state index >= 15 is 0 Å². The Kier molecular flexibility index (Phi) is 3.24. The van der Waals surface area contributed by atoms with Crippen LogP contribution in [0.5, 0.6) is 0 Å². The minimum absolute atomic E-state index is 0.0410. The zero-order chi connectivity index (χ0) is 15.9. The second-order valence-corrected chi connectivity index (χ2v) is 5.61. The number of ketones is 2. The highest BCUT2D eigenvalue weighted by molar-refractivity contribution is 6.32. The van der Waals surface area contributed by atoms with E-state index in [0.717, 1.165) is 10.8 Å². The zero-order valence-electron chi connectivity index (χ0n) is 12.6. The lowest BCUT2D eigenvalue weighted by Crippen LogP contribution is -2.34. The van der Waals surface area contributed by atoms with Gasteiger partial charge < -0.3 is 10.5 Å². The number of nitrogens with two attached hydrogens (primary N) is 1. The number of Topliss-reactive ketones (excluding diaryl/α,β-unsaturated/α-hetero) is 2. The van der Waals surface area contributed by atoms with Gasteiger partial charge in [0.2, 0.25) is 11.6 Å². The lowest BCUT2D eigenvalue weighted by Gasteiger charge is -2.20. The summed E-state index contributed by atoms with van der Waals surface area (Å²) in [6.07, 6.45) is 0.457. The van der Waals surface area contributed by atoms with Crippen LogP contribution < -0.4 is 5.73 Å². The number of benzene rings is 2. The minimum atomic E-state index is -1.04. The first kappa shape index (κ1) is 14.3. The maximum Gasteiger partial charge on any atom is 0.215 e. The van der Waals surface area contributed by atoms with Crippen LogP contribution in [-0.4, -0.2) is 17.2 Å². The Balaban J connectivity index is 2.11. The van der Waals surface area contributed by atoms with E-state index in [1.165, 1.54) is 0 Å². The molecule has 0 aromatic heterocycles. The van der Waals surface area contributed by atoms with Crippen molar-refractivity contribution in [2.24, 2.45) is 5.73 Å². The molecule has 0 saturated carbocycles. The van der Waals surface area contributed by atoms with E-state index in [1.54, 1.807) is 19.1 Å². The summed E-state index contributed by atoms with van der Waals surface area (Å²) in [5.41, 5.74) is 5.20. The number of fused-ring (bicyclic) bond motifs is 1. The molecule has 0 amide bonds. The number of carbonyl (C=O) groups is 2. The molecule has 0 spiro atoms. The first-order valence-corrected chi connectivity index (χ1v) is 7.24. The largest absolute Gasteiger partial charge is 0.464 e. The van der Waals surface area contributed by atoms with Crippen LogP contribution in [0.1, 0.15) is 30.6 Å². The molecule has 2 aromatic rings. The Labute approximate surface area is 128 Å². The molecule has 22 heavy (non-hydrogen) atoms. The number of ether oxygens (including phenoxy) is 1. The molecule has 112 valence electrons. The molecule has 2 aromatic carbocycles. The Bertz CT molecular complexity index is 817. The van der Waals surface area contributed by atoms with E-state index in [9.17, 15) is 9.59 Å². The molecule has 1 atom stereocenters. The number of rotatable bonds is 3. The van der Waals surface area contributed by atoms with Gasteiger partial charge in [0.1, 0.15) is 5.57 Å². The molecule has 0 fully saturated rings. The van der Waals surface area contributed by atoms with Crippen molar-refractivity contribution in [2.75, 3.05) is 0 Å². The smallest absolute Gasteiger partial charge is 0.215 e. The highest BCUT2D eigenvalue weighted by atomic mass is 16.5. The van der Waals surface area contributed by atoms with E-state index in [-0.39, 0.29) is 23.0 Å². The molecule has 0 radical (unpaired) electrons. The van der Waals surface area contributed by atoms with Crippen LogP contribution in [0.25, 0.3) is 10.8 Å². The average molecular weight is 295 g/mol. The molecule has 0 saturated heterocycles. The first-order valence-electron chi connectivity index (χ1n) is 7.24. The summed E-state index contributed by atoms with van der Waals surface area (Å²) in [7, 11) is 0. The van der Waals surface area contributed by atoms with Gasteiger partial charge in [-0.05, 0) is 24.1 Å². The van der Waals surface area contributed by atoms with E-state index in [1.807, 2.05) is 37.3 Å². The van der Waals surface area contributed by atoms with Gasteiger partial charge >= 0.3 is 0 Å². The lowest BCUT2D eigenvalue weighted by atomic mass is 9.89. The maximum atomic E-state index is 12.8. The van der Waals surface area contributed by atoms with Gasteiger partial charge in [0, 0.05) is 5.56 Å². The molecule has 4 nitrogen and oxygen atoms in total. The number of hydrogen-bond donors (Lipinski definition) is 1. The third-order valence-electron chi connectivity index (χ3n) is 4.22. The maximum absolute atomic E-state index is 12.8. The quantitative estimate of drug-likeness (QED) is 0.698. The van der Waals surface area contributed by atoms with Crippen molar-refractivity contribution in [3.8, 4) is 0 Å². The Morgan fingerprint density at radius 1 is 1.18 bits per heavy atom. The first-order chi connectivity index (χ1) is 10.5. The van der Waals surface area contributed by atoms with Crippen LogP contribution in [0, 0.1) is 0 Å². The predicted molar refractivity (Wildman–Crippen MR) is 84.3 cm³/mol. The molecule has 1 heterocycles. The van der Waals surface area contributed by atoms with Crippen LogP contribution in [0.4, 0.5) is 0 Å².